The van der Waals surface area contributed by atoms with Crippen molar-refractivity contribution < 1.29 is 43.7 Å². The Morgan fingerprint density at radius 1 is 0.607 bits per heavy atom. The molecule has 0 bridgehead atoms. The van der Waals surface area contributed by atoms with Crippen molar-refractivity contribution in [2.75, 3.05) is 85.6 Å². The number of para-hydroxylation sites is 2. The van der Waals surface area contributed by atoms with E-state index in [-0.39, 0.29) is 76.8 Å². The molecule has 1 atom stereocenters. The van der Waals surface area contributed by atoms with Crippen LogP contribution in [0.5, 0.6) is 0 Å². The molecule has 5 aromatic rings. The molecule has 1 fully saturated rings. The monoisotopic (exact) mass is 838 g/mol. The van der Waals surface area contributed by atoms with E-state index < -0.39 is 41.5 Å². The van der Waals surface area contributed by atoms with Crippen LogP contribution in [0.25, 0.3) is 21.8 Å². The van der Waals surface area contributed by atoms with Crippen LogP contribution in [0.1, 0.15) is 43.6 Å². The highest BCUT2D eigenvalue weighted by Crippen LogP contribution is 2.43. The summed E-state index contributed by atoms with van der Waals surface area (Å²) in [5.74, 6) is 0.655. The lowest BCUT2D eigenvalue weighted by molar-refractivity contribution is -0.143. The molecule has 19 heteroatoms. The van der Waals surface area contributed by atoms with E-state index in [1.807, 2.05) is 78.9 Å². The molecular formula is C42H50N10O9. The summed E-state index contributed by atoms with van der Waals surface area (Å²) in [4.78, 5) is 90.3. The van der Waals surface area contributed by atoms with Gasteiger partial charge in [-0.05, 0) is 17.7 Å². The van der Waals surface area contributed by atoms with Crippen LogP contribution in [0, 0.1) is 0 Å². The van der Waals surface area contributed by atoms with Gasteiger partial charge in [0.2, 0.25) is 0 Å². The zero-order valence-electron chi connectivity index (χ0n) is 33.7. The molecule has 3 amide bonds. The van der Waals surface area contributed by atoms with Gasteiger partial charge in [-0.3, -0.25) is 64.6 Å². The van der Waals surface area contributed by atoms with E-state index in [4.69, 9.17) is 10.6 Å². The number of nitrogens with two attached hydrogens (primary N) is 1. The number of carboxylic acids is 2. The zero-order valence-corrected chi connectivity index (χ0v) is 33.7. The number of hydrogen-bond donors (Lipinski definition) is 8. The molecule has 0 aliphatic carbocycles. The number of ether oxygens (including phenoxy) is 1. The average molecular weight is 839 g/mol. The molecule has 1 saturated heterocycles. The van der Waals surface area contributed by atoms with E-state index >= 15 is 0 Å². The van der Waals surface area contributed by atoms with Gasteiger partial charge in [0, 0.05) is 91.2 Å². The van der Waals surface area contributed by atoms with E-state index in [1.165, 1.54) is 7.11 Å². The topological polar surface area (TPSA) is 259 Å². The van der Waals surface area contributed by atoms with Gasteiger partial charge < -0.3 is 24.9 Å². The number of H-pyrrole nitrogens is 2. The largest absolute Gasteiger partial charge is 0.480 e. The highest BCUT2D eigenvalue weighted by atomic mass is 16.5. The third-order valence-corrected chi connectivity index (χ3v) is 10.7. The van der Waals surface area contributed by atoms with Crippen molar-refractivity contribution in [1.82, 2.24) is 45.8 Å². The number of carboxylic acid groups (broad SMARTS) is 2. The van der Waals surface area contributed by atoms with Gasteiger partial charge in [-0.25, -0.2) is 5.84 Å². The number of hydrogen-bond acceptors (Lipinski definition) is 12. The lowest BCUT2D eigenvalue weighted by Gasteiger charge is -2.33. The van der Waals surface area contributed by atoms with E-state index in [1.54, 1.807) is 19.6 Å². The van der Waals surface area contributed by atoms with Crippen LogP contribution in [0.2, 0.25) is 0 Å². The smallest absolute Gasteiger partial charge is 0.319 e. The number of nitrogen functional groups attached to an aromatic ring is 1. The predicted molar refractivity (Wildman–Crippen MR) is 224 cm³/mol. The summed E-state index contributed by atoms with van der Waals surface area (Å²) in [6.07, 6.45) is 0. The summed E-state index contributed by atoms with van der Waals surface area (Å²) in [6, 6.07) is 24.2. The number of esters is 1. The quantitative estimate of drug-likeness (QED) is 0.0353. The molecule has 0 radical (unpaired) electrons. The number of methoxy groups -OCH3 is 1. The van der Waals surface area contributed by atoms with E-state index in [0.29, 0.717) is 40.6 Å². The SMILES string of the molecule is COC(=O)CN1CCN(CC(=O)O)CCN(CC(=O)NNC(=O)c2[nH]c3ccccc3c2C(c2ccccc2)c2c(C(=O)NN)[nH]c3ccccc23)CCN(CC(=O)O)CC1. The third kappa shape index (κ3) is 11.1. The number of benzene rings is 3. The van der Waals surface area contributed by atoms with Gasteiger partial charge in [-0.15, -0.1) is 0 Å². The summed E-state index contributed by atoms with van der Waals surface area (Å²) in [5, 5.41) is 20.7. The average Bonchev–Trinajstić information content (AvgIpc) is 3.83. The molecule has 6 rings (SSSR count). The number of aromatic nitrogens is 2. The number of aliphatic carboxylic acids is 2. The summed E-state index contributed by atoms with van der Waals surface area (Å²) < 4.78 is 4.83. The Labute approximate surface area is 350 Å². The number of nitrogens with one attached hydrogen (secondary N) is 5. The van der Waals surface area contributed by atoms with Gasteiger partial charge in [0.15, 0.2) is 0 Å². The van der Waals surface area contributed by atoms with Crippen LogP contribution >= 0.6 is 0 Å². The van der Waals surface area contributed by atoms with E-state index in [2.05, 4.69) is 26.2 Å². The van der Waals surface area contributed by atoms with Crippen LogP contribution in [0.4, 0.5) is 0 Å². The fourth-order valence-electron chi connectivity index (χ4n) is 7.75. The Hall–Kier alpha value is -6.64. The number of amides is 3. The molecule has 9 N–H and O–H groups in total. The number of fused-ring (bicyclic) bond motifs is 2. The molecule has 0 saturated carbocycles. The Morgan fingerprint density at radius 2 is 1.03 bits per heavy atom. The maximum Gasteiger partial charge on any atom is 0.319 e. The number of carbonyl (C=O) groups is 6. The molecule has 1 aliphatic rings. The second-order valence-corrected chi connectivity index (χ2v) is 14.7. The van der Waals surface area contributed by atoms with Gasteiger partial charge >= 0.3 is 17.9 Å². The maximum absolute atomic E-state index is 14.3. The second kappa shape index (κ2) is 20.6. The zero-order chi connectivity index (χ0) is 43.5. The summed E-state index contributed by atoms with van der Waals surface area (Å²) in [7, 11) is 1.27. The highest BCUT2D eigenvalue weighted by molar-refractivity contribution is 6.05. The van der Waals surface area contributed by atoms with Crippen molar-refractivity contribution >= 4 is 57.4 Å². The van der Waals surface area contributed by atoms with Crippen molar-refractivity contribution in [1.29, 1.82) is 0 Å². The summed E-state index contributed by atoms with van der Waals surface area (Å²) in [6.45, 7) is 1.36. The molecule has 3 heterocycles. The second-order valence-electron chi connectivity index (χ2n) is 14.7. The summed E-state index contributed by atoms with van der Waals surface area (Å²) >= 11 is 0. The lowest BCUT2D eigenvalue weighted by atomic mass is 9.81. The minimum absolute atomic E-state index is 0.0429. The van der Waals surface area contributed by atoms with Crippen LogP contribution in [-0.4, -0.2) is 161 Å². The lowest BCUT2D eigenvalue weighted by Crippen LogP contribution is -2.51. The van der Waals surface area contributed by atoms with Crippen LogP contribution < -0.4 is 22.1 Å². The van der Waals surface area contributed by atoms with Gasteiger partial charge in [0.25, 0.3) is 17.7 Å². The fraction of sp³-hybridized carbons (Fsp3) is 0.333. The number of hydrazine groups is 2. The van der Waals surface area contributed by atoms with Crippen molar-refractivity contribution in [3.05, 3.63) is 107 Å². The minimum Gasteiger partial charge on any atom is -0.480 e. The molecular weight excluding hydrogens is 789 g/mol. The molecule has 0 spiro atoms. The van der Waals surface area contributed by atoms with E-state index in [9.17, 15) is 39.0 Å². The first-order valence-electron chi connectivity index (χ1n) is 19.7. The van der Waals surface area contributed by atoms with Crippen molar-refractivity contribution in [2.24, 2.45) is 5.84 Å². The number of rotatable bonds is 13. The van der Waals surface area contributed by atoms with Gasteiger partial charge in [-0.1, -0.05) is 66.7 Å². The Balaban J connectivity index is 1.26. The van der Waals surface area contributed by atoms with Gasteiger partial charge in [0.05, 0.1) is 33.3 Å². The Morgan fingerprint density at radius 3 is 1.49 bits per heavy atom. The number of carbonyl (C=O) groups excluding carboxylic acids is 4. The summed E-state index contributed by atoms with van der Waals surface area (Å²) in [5.41, 5.74) is 11.0. The third-order valence-electron chi connectivity index (χ3n) is 10.7. The van der Waals surface area contributed by atoms with Crippen LogP contribution in [0.15, 0.2) is 78.9 Å². The predicted octanol–water partition coefficient (Wildman–Crippen LogP) is 0.758. The molecule has 2 aromatic heterocycles. The van der Waals surface area contributed by atoms with E-state index in [0.717, 1.165) is 10.9 Å². The molecule has 1 unspecified atom stereocenters. The first-order chi connectivity index (χ1) is 29.4. The first kappa shape index (κ1) is 43.9. The minimum atomic E-state index is -1.04. The number of nitrogens with zero attached hydrogens (tertiary/aromatic N) is 4. The normalized spacial score (nSPS) is 15.6. The Bertz CT molecular complexity index is 2330. The molecule has 322 valence electrons. The van der Waals surface area contributed by atoms with Crippen molar-refractivity contribution in [3.63, 3.8) is 0 Å². The molecule has 1 aliphatic heterocycles. The molecule has 61 heavy (non-hydrogen) atoms. The fourth-order valence-corrected chi connectivity index (χ4v) is 7.75. The maximum atomic E-state index is 14.3. The standard InChI is InChI=1S/C42H50N10O9/c1-61-35(58)26-52-21-19-50(24-33(54)55)17-15-49(16-18-51(20-22-52)25-34(56)57)23-32(53)47-48-42(60)40-38(29-12-6-8-14-31(29)45-40)36(27-9-3-2-4-10-27)37-28-11-5-7-13-30(28)44-39(37)41(59)46-43/h2-14,36,44-45H,15-26,43H2,1H3,(H,46,59)(H,47,53)(H,48,60)(H,54,55)(H,56,57). The van der Waals surface area contributed by atoms with Crippen LogP contribution in [-0.2, 0) is 23.9 Å². The molecule has 3 aromatic carbocycles. The Kier molecular flexibility index (Phi) is 14.8. The number of aromatic amines is 2. The van der Waals surface area contributed by atoms with Gasteiger partial charge in [-0.2, -0.15) is 0 Å². The van der Waals surface area contributed by atoms with Crippen LogP contribution in [0.3, 0.4) is 0 Å². The van der Waals surface area contributed by atoms with Gasteiger partial charge in [0.1, 0.15) is 11.4 Å². The van der Waals surface area contributed by atoms with Crippen molar-refractivity contribution in [3.8, 4) is 0 Å². The first-order valence-corrected chi connectivity index (χ1v) is 19.7. The van der Waals surface area contributed by atoms with Crippen molar-refractivity contribution in [2.45, 2.75) is 5.92 Å². The molecule has 19 nitrogen and oxygen atoms in total. The highest BCUT2D eigenvalue weighted by Gasteiger charge is 2.33.